The van der Waals surface area contributed by atoms with E-state index in [0.29, 0.717) is 0 Å². The molecule has 31 heavy (non-hydrogen) atoms. The Bertz CT molecular complexity index is 968. The summed E-state index contributed by atoms with van der Waals surface area (Å²) in [5, 5.41) is 11.5. The van der Waals surface area contributed by atoms with Crippen molar-refractivity contribution < 1.29 is 29.0 Å². The monoisotopic (exact) mass is 426 g/mol. The fourth-order valence-corrected chi connectivity index (χ4v) is 3.55. The van der Waals surface area contributed by atoms with E-state index in [4.69, 9.17) is 15.2 Å². The SMILES string of the molecule is CC(C)(C)OC(=O)NC(N)(CC(=O)OCC1c2ccccc2-c2ccccc21)C(=O)O. The normalized spacial score (nSPS) is 14.7. The highest BCUT2D eigenvalue weighted by molar-refractivity contribution is 5.88. The van der Waals surface area contributed by atoms with E-state index in [-0.39, 0.29) is 12.5 Å². The van der Waals surface area contributed by atoms with Gasteiger partial charge in [-0.15, -0.1) is 0 Å². The van der Waals surface area contributed by atoms with Crippen LogP contribution in [-0.2, 0) is 19.1 Å². The summed E-state index contributed by atoms with van der Waals surface area (Å²) in [6, 6.07) is 15.7. The fourth-order valence-electron chi connectivity index (χ4n) is 3.55. The molecule has 1 aliphatic rings. The third-order valence-corrected chi connectivity index (χ3v) is 4.90. The van der Waals surface area contributed by atoms with Crippen molar-refractivity contribution >= 4 is 18.0 Å². The molecule has 1 unspecified atom stereocenters. The number of esters is 1. The topological polar surface area (TPSA) is 128 Å². The average Bonchev–Trinajstić information content (AvgIpc) is 2.98. The van der Waals surface area contributed by atoms with Crippen molar-refractivity contribution in [3.63, 3.8) is 0 Å². The molecule has 8 nitrogen and oxygen atoms in total. The second-order valence-electron chi connectivity index (χ2n) is 8.49. The van der Waals surface area contributed by atoms with Crippen molar-refractivity contribution in [2.75, 3.05) is 6.61 Å². The van der Waals surface area contributed by atoms with Gasteiger partial charge in [0.05, 0.1) is 6.42 Å². The highest BCUT2D eigenvalue weighted by Crippen LogP contribution is 2.44. The molecule has 0 aromatic heterocycles. The second kappa shape index (κ2) is 8.39. The summed E-state index contributed by atoms with van der Waals surface area (Å²) in [5.41, 5.74) is 6.78. The summed E-state index contributed by atoms with van der Waals surface area (Å²) in [4.78, 5) is 36.1. The van der Waals surface area contributed by atoms with Crippen molar-refractivity contribution in [3.8, 4) is 11.1 Å². The van der Waals surface area contributed by atoms with Gasteiger partial charge in [0.15, 0.2) is 0 Å². The number of nitrogens with one attached hydrogen (secondary N) is 1. The molecule has 0 bridgehead atoms. The van der Waals surface area contributed by atoms with E-state index in [9.17, 15) is 19.5 Å². The number of rotatable bonds is 6. The molecule has 1 amide bonds. The maximum atomic E-state index is 12.5. The Morgan fingerprint density at radius 1 is 1.00 bits per heavy atom. The Morgan fingerprint density at radius 3 is 2.00 bits per heavy atom. The van der Waals surface area contributed by atoms with Crippen LogP contribution in [-0.4, -0.2) is 41.0 Å². The smallest absolute Gasteiger partial charge is 0.409 e. The Hall–Kier alpha value is -3.39. The van der Waals surface area contributed by atoms with Gasteiger partial charge in [-0.1, -0.05) is 48.5 Å². The number of amides is 1. The van der Waals surface area contributed by atoms with Crippen LogP contribution < -0.4 is 11.1 Å². The predicted molar refractivity (Wildman–Crippen MR) is 113 cm³/mol. The maximum Gasteiger partial charge on any atom is 0.409 e. The van der Waals surface area contributed by atoms with Crippen molar-refractivity contribution in [1.82, 2.24) is 5.32 Å². The first-order valence-corrected chi connectivity index (χ1v) is 9.87. The lowest BCUT2D eigenvalue weighted by Gasteiger charge is -2.27. The molecule has 2 aromatic rings. The molecule has 0 radical (unpaired) electrons. The van der Waals surface area contributed by atoms with E-state index in [0.717, 1.165) is 22.3 Å². The van der Waals surface area contributed by atoms with Crippen LogP contribution in [0.15, 0.2) is 48.5 Å². The van der Waals surface area contributed by atoms with Crippen LogP contribution in [0.1, 0.15) is 44.2 Å². The first kappa shape index (κ1) is 22.3. The third kappa shape index (κ3) is 5.03. The van der Waals surface area contributed by atoms with Gasteiger partial charge in [-0.2, -0.15) is 0 Å². The predicted octanol–water partition coefficient (Wildman–Crippen LogP) is 3.00. The van der Waals surface area contributed by atoms with Gasteiger partial charge in [0.2, 0.25) is 5.66 Å². The molecule has 0 saturated carbocycles. The third-order valence-electron chi connectivity index (χ3n) is 4.90. The number of carbonyl (C=O) groups is 3. The molecule has 3 rings (SSSR count). The van der Waals surface area contributed by atoms with Crippen LogP contribution in [0.4, 0.5) is 4.79 Å². The molecule has 0 fully saturated rings. The second-order valence-corrected chi connectivity index (χ2v) is 8.49. The molecule has 4 N–H and O–H groups in total. The quantitative estimate of drug-likeness (QED) is 0.478. The van der Waals surface area contributed by atoms with E-state index in [1.165, 1.54) is 0 Å². The molecular formula is C23H26N2O6. The van der Waals surface area contributed by atoms with E-state index in [1.807, 2.05) is 48.5 Å². The first-order valence-electron chi connectivity index (χ1n) is 9.87. The molecule has 1 atom stereocenters. The number of hydrogen-bond donors (Lipinski definition) is 3. The van der Waals surface area contributed by atoms with Gasteiger partial charge in [0, 0.05) is 5.92 Å². The number of aliphatic carboxylic acids is 1. The van der Waals surface area contributed by atoms with Crippen molar-refractivity contribution in [1.29, 1.82) is 0 Å². The van der Waals surface area contributed by atoms with Crippen LogP contribution in [0.3, 0.4) is 0 Å². The van der Waals surface area contributed by atoms with Gasteiger partial charge in [-0.3, -0.25) is 15.8 Å². The number of fused-ring (bicyclic) bond motifs is 3. The number of carboxylic acid groups (broad SMARTS) is 1. The van der Waals surface area contributed by atoms with Crippen LogP contribution in [0, 0.1) is 0 Å². The molecule has 8 heteroatoms. The van der Waals surface area contributed by atoms with Crippen molar-refractivity contribution in [2.24, 2.45) is 5.73 Å². The number of nitrogens with two attached hydrogens (primary N) is 1. The standard InChI is InChI=1S/C23H26N2O6/c1-22(2,3)31-21(29)25-23(24,20(27)28)12-19(26)30-13-18-16-10-6-4-8-14(16)15-9-5-7-11-17(15)18/h4-11,18H,12-13,24H2,1-3H3,(H,25,29)(H,27,28). The van der Waals surface area contributed by atoms with Crippen molar-refractivity contribution in [2.45, 2.75) is 44.4 Å². The number of hydrogen-bond acceptors (Lipinski definition) is 6. The fraction of sp³-hybridized carbons (Fsp3) is 0.348. The summed E-state index contributed by atoms with van der Waals surface area (Å²) in [7, 11) is 0. The maximum absolute atomic E-state index is 12.5. The highest BCUT2D eigenvalue weighted by Gasteiger charge is 2.40. The number of alkyl carbamates (subject to hydrolysis) is 1. The van der Waals surface area contributed by atoms with Gasteiger partial charge < -0.3 is 14.6 Å². The molecule has 2 aromatic carbocycles. The lowest BCUT2D eigenvalue weighted by atomic mass is 9.98. The molecule has 0 spiro atoms. The number of benzene rings is 2. The molecular weight excluding hydrogens is 400 g/mol. The van der Waals surface area contributed by atoms with Gasteiger partial charge in [-0.25, -0.2) is 9.59 Å². The van der Waals surface area contributed by atoms with Gasteiger partial charge >= 0.3 is 18.0 Å². The summed E-state index contributed by atoms with van der Waals surface area (Å²) in [6.07, 6.45) is -1.79. The van der Waals surface area contributed by atoms with Gasteiger partial charge in [-0.05, 0) is 43.0 Å². The average molecular weight is 426 g/mol. The lowest BCUT2D eigenvalue weighted by Crippen LogP contribution is -2.63. The minimum Gasteiger partial charge on any atom is -0.478 e. The summed E-state index contributed by atoms with van der Waals surface area (Å²) < 4.78 is 10.4. The Kier molecular flexibility index (Phi) is 6.03. The van der Waals surface area contributed by atoms with E-state index < -0.39 is 35.7 Å². The Balaban J connectivity index is 1.69. The molecule has 0 saturated heterocycles. The zero-order chi connectivity index (χ0) is 22.8. The van der Waals surface area contributed by atoms with Crippen LogP contribution in [0.5, 0.6) is 0 Å². The van der Waals surface area contributed by atoms with Gasteiger partial charge in [0.25, 0.3) is 0 Å². The van der Waals surface area contributed by atoms with Gasteiger partial charge in [0.1, 0.15) is 12.2 Å². The lowest BCUT2D eigenvalue weighted by molar-refractivity contribution is -0.154. The van der Waals surface area contributed by atoms with Crippen LogP contribution >= 0.6 is 0 Å². The zero-order valence-electron chi connectivity index (χ0n) is 17.7. The van der Waals surface area contributed by atoms with Crippen molar-refractivity contribution in [3.05, 3.63) is 59.7 Å². The van der Waals surface area contributed by atoms with Crippen LogP contribution in [0.2, 0.25) is 0 Å². The number of ether oxygens (including phenoxy) is 2. The Labute approximate surface area is 180 Å². The molecule has 0 aliphatic heterocycles. The minimum absolute atomic E-state index is 0.0228. The van der Waals surface area contributed by atoms with E-state index in [2.05, 4.69) is 5.32 Å². The summed E-state index contributed by atoms with van der Waals surface area (Å²) in [6.45, 7) is 4.89. The summed E-state index contributed by atoms with van der Waals surface area (Å²) in [5.74, 6) is -2.60. The Morgan fingerprint density at radius 2 is 1.52 bits per heavy atom. The molecule has 164 valence electrons. The number of carbonyl (C=O) groups excluding carboxylic acids is 2. The first-order chi connectivity index (χ1) is 14.5. The molecule has 0 heterocycles. The minimum atomic E-state index is -2.36. The summed E-state index contributed by atoms with van der Waals surface area (Å²) >= 11 is 0. The van der Waals surface area contributed by atoms with E-state index in [1.54, 1.807) is 20.8 Å². The van der Waals surface area contributed by atoms with E-state index >= 15 is 0 Å². The molecule has 1 aliphatic carbocycles. The number of carboxylic acids is 1. The highest BCUT2D eigenvalue weighted by atomic mass is 16.6. The zero-order valence-corrected chi connectivity index (χ0v) is 17.7. The largest absolute Gasteiger partial charge is 0.478 e. The van der Waals surface area contributed by atoms with Crippen LogP contribution in [0.25, 0.3) is 11.1 Å².